The number of amides is 1. The first-order valence-electron chi connectivity index (χ1n) is 6.53. The minimum atomic E-state index is -0.878. The Hall–Kier alpha value is -0.650. The molecule has 5 nitrogen and oxygen atoms in total. The topological polar surface area (TPSA) is 69.8 Å². The van der Waals surface area contributed by atoms with Gasteiger partial charge in [-0.3, -0.25) is 9.69 Å². The quantitative estimate of drug-likeness (QED) is 0.732. The van der Waals surface area contributed by atoms with Gasteiger partial charge in [0.05, 0.1) is 18.2 Å². The second-order valence-corrected chi connectivity index (χ2v) is 6.67. The zero-order chi connectivity index (χ0) is 14.1. The number of aliphatic hydroxyl groups is 1. The average Bonchev–Trinajstić information content (AvgIpc) is 2.24. The summed E-state index contributed by atoms with van der Waals surface area (Å²) in [6.07, 6.45) is 0. The van der Waals surface area contributed by atoms with Crippen molar-refractivity contribution in [1.29, 1.82) is 0 Å². The average molecular weight is 257 g/mol. The van der Waals surface area contributed by atoms with Crippen LogP contribution in [0.15, 0.2) is 0 Å². The lowest BCUT2D eigenvalue weighted by Gasteiger charge is -2.47. The molecule has 1 aliphatic heterocycles. The van der Waals surface area contributed by atoms with Crippen molar-refractivity contribution in [2.75, 3.05) is 26.2 Å². The van der Waals surface area contributed by atoms with E-state index in [1.54, 1.807) is 18.7 Å². The molecule has 0 aliphatic carbocycles. The molecule has 106 valence electrons. The van der Waals surface area contributed by atoms with E-state index < -0.39 is 5.54 Å². The van der Waals surface area contributed by atoms with E-state index in [4.69, 9.17) is 5.73 Å². The predicted molar refractivity (Wildman–Crippen MR) is 72.2 cm³/mol. The van der Waals surface area contributed by atoms with Crippen molar-refractivity contribution in [1.82, 2.24) is 9.80 Å². The molecule has 0 saturated carbocycles. The fourth-order valence-electron chi connectivity index (χ4n) is 2.26. The van der Waals surface area contributed by atoms with Crippen molar-refractivity contribution in [3.8, 4) is 0 Å². The first-order chi connectivity index (χ1) is 8.07. The molecular formula is C13H27N3O2. The van der Waals surface area contributed by atoms with Gasteiger partial charge in [0.1, 0.15) is 0 Å². The highest BCUT2D eigenvalue weighted by molar-refractivity contribution is 5.85. The lowest BCUT2D eigenvalue weighted by Crippen LogP contribution is -2.64. The second kappa shape index (κ2) is 5.15. The normalized spacial score (nSPS) is 23.3. The van der Waals surface area contributed by atoms with E-state index in [2.05, 4.69) is 25.7 Å². The van der Waals surface area contributed by atoms with Gasteiger partial charge in [-0.2, -0.15) is 0 Å². The molecule has 0 aromatic rings. The molecule has 1 amide bonds. The third-order valence-corrected chi connectivity index (χ3v) is 3.45. The lowest BCUT2D eigenvalue weighted by molar-refractivity contribution is -0.143. The molecule has 5 heteroatoms. The van der Waals surface area contributed by atoms with Gasteiger partial charge >= 0.3 is 0 Å². The third-order valence-electron chi connectivity index (χ3n) is 3.45. The van der Waals surface area contributed by atoms with Gasteiger partial charge in [0, 0.05) is 25.2 Å². The number of carbonyl (C=O) groups excluding carboxylic acids is 1. The van der Waals surface area contributed by atoms with Crippen molar-refractivity contribution in [2.45, 2.75) is 51.7 Å². The zero-order valence-electron chi connectivity index (χ0n) is 12.2. The Bertz CT molecular complexity index is 304. The maximum Gasteiger partial charge on any atom is 0.242 e. The highest BCUT2D eigenvalue weighted by Gasteiger charge is 2.38. The van der Waals surface area contributed by atoms with Crippen LogP contribution in [-0.2, 0) is 4.79 Å². The molecule has 1 saturated heterocycles. The van der Waals surface area contributed by atoms with Gasteiger partial charge in [-0.1, -0.05) is 0 Å². The summed E-state index contributed by atoms with van der Waals surface area (Å²) in [6.45, 7) is 12.0. The van der Waals surface area contributed by atoms with Crippen LogP contribution in [0.1, 0.15) is 34.6 Å². The highest BCUT2D eigenvalue weighted by Crippen LogP contribution is 2.21. The van der Waals surface area contributed by atoms with Crippen LogP contribution < -0.4 is 5.73 Å². The number of nitrogens with two attached hydrogens (primary N) is 1. The van der Waals surface area contributed by atoms with Crippen LogP contribution in [-0.4, -0.2) is 64.2 Å². The van der Waals surface area contributed by atoms with Gasteiger partial charge < -0.3 is 15.7 Å². The minimum absolute atomic E-state index is 0.0194. The molecule has 0 aromatic heterocycles. The fourth-order valence-corrected chi connectivity index (χ4v) is 2.26. The highest BCUT2D eigenvalue weighted by atomic mass is 16.3. The first kappa shape index (κ1) is 15.4. The summed E-state index contributed by atoms with van der Waals surface area (Å²) in [6, 6.07) is -0.159. The smallest absolute Gasteiger partial charge is 0.242 e. The lowest BCUT2D eigenvalue weighted by atomic mass is 9.99. The van der Waals surface area contributed by atoms with Crippen LogP contribution in [0.25, 0.3) is 0 Å². The van der Waals surface area contributed by atoms with E-state index in [0.717, 1.165) is 6.54 Å². The molecule has 3 N–H and O–H groups in total. The number of aliphatic hydroxyl groups excluding tert-OH is 1. The standard InChI is InChI=1S/C13H27N3O2/c1-12(2,3)15-6-7-16(10(8-15)9-17)11(18)13(4,5)14/h10,17H,6-9,14H2,1-5H3. The Morgan fingerprint density at radius 1 is 1.28 bits per heavy atom. The Balaban J connectivity index is 2.79. The maximum absolute atomic E-state index is 12.2. The number of rotatable bonds is 2. The minimum Gasteiger partial charge on any atom is -0.394 e. The number of piperazine rings is 1. The van der Waals surface area contributed by atoms with Crippen LogP contribution in [0.2, 0.25) is 0 Å². The van der Waals surface area contributed by atoms with Crippen molar-refractivity contribution in [3.63, 3.8) is 0 Å². The summed E-state index contributed by atoms with van der Waals surface area (Å²) in [4.78, 5) is 16.2. The molecule has 1 fully saturated rings. The van der Waals surface area contributed by atoms with Gasteiger partial charge in [-0.05, 0) is 34.6 Å². The van der Waals surface area contributed by atoms with Crippen molar-refractivity contribution < 1.29 is 9.90 Å². The van der Waals surface area contributed by atoms with Crippen molar-refractivity contribution >= 4 is 5.91 Å². The molecule has 1 unspecified atom stereocenters. The van der Waals surface area contributed by atoms with Crippen LogP contribution in [0, 0.1) is 0 Å². The summed E-state index contributed by atoms with van der Waals surface area (Å²) in [5, 5.41) is 9.50. The molecule has 0 radical (unpaired) electrons. The fraction of sp³-hybridized carbons (Fsp3) is 0.923. The number of carbonyl (C=O) groups is 1. The molecule has 1 rings (SSSR count). The van der Waals surface area contributed by atoms with E-state index in [1.807, 2.05) is 0 Å². The van der Waals surface area contributed by atoms with Crippen LogP contribution in [0.4, 0.5) is 0 Å². The van der Waals surface area contributed by atoms with Gasteiger partial charge in [0.15, 0.2) is 0 Å². The Kier molecular flexibility index (Phi) is 4.41. The number of hydrogen-bond donors (Lipinski definition) is 2. The Labute approximate surface area is 110 Å². The summed E-state index contributed by atoms with van der Waals surface area (Å²) in [5.74, 6) is -0.0879. The van der Waals surface area contributed by atoms with E-state index in [9.17, 15) is 9.90 Å². The first-order valence-corrected chi connectivity index (χ1v) is 6.53. The van der Waals surface area contributed by atoms with Crippen molar-refractivity contribution in [2.24, 2.45) is 5.73 Å². The van der Waals surface area contributed by atoms with Crippen LogP contribution in [0.5, 0.6) is 0 Å². The summed E-state index contributed by atoms with van der Waals surface area (Å²) in [5.41, 5.74) is 5.04. The maximum atomic E-state index is 12.2. The summed E-state index contributed by atoms with van der Waals surface area (Å²) >= 11 is 0. The summed E-state index contributed by atoms with van der Waals surface area (Å²) < 4.78 is 0. The zero-order valence-corrected chi connectivity index (χ0v) is 12.2. The SMILES string of the molecule is CC(C)(N)C(=O)N1CCN(C(C)(C)C)CC1CO. The van der Waals surface area contributed by atoms with E-state index in [1.165, 1.54) is 0 Å². The molecular weight excluding hydrogens is 230 g/mol. The number of nitrogens with zero attached hydrogens (tertiary/aromatic N) is 2. The molecule has 1 atom stereocenters. The number of hydrogen-bond acceptors (Lipinski definition) is 4. The van der Waals surface area contributed by atoms with Gasteiger partial charge in [-0.25, -0.2) is 0 Å². The molecule has 0 bridgehead atoms. The van der Waals surface area contributed by atoms with Gasteiger partial charge in [0.2, 0.25) is 5.91 Å². The molecule has 1 aliphatic rings. The molecule has 0 spiro atoms. The third kappa shape index (κ3) is 3.43. The van der Waals surface area contributed by atoms with Crippen molar-refractivity contribution in [3.05, 3.63) is 0 Å². The Morgan fingerprint density at radius 2 is 1.83 bits per heavy atom. The van der Waals surface area contributed by atoms with Gasteiger partial charge in [-0.15, -0.1) is 0 Å². The summed E-state index contributed by atoms with van der Waals surface area (Å²) in [7, 11) is 0. The largest absolute Gasteiger partial charge is 0.394 e. The van der Waals surface area contributed by atoms with Crippen LogP contribution in [0.3, 0.4) is 0 Å². The second-order valence-electron chi connectivity index (χ2n) is 6.67. The molecule has 1 heterocycles. The monoisotopic (exact) mass is 257 g/mol. The van der Waals surface area contributed by atoms with Crippen LogP contribution >= 0.6 is 0 Å². The van der Waals surface area contributed by atoms with Gasteiger partial charge in [0.25, 0.3) is 0 Å². The predicted octanol–water partition coefficient (Wildman–Crippen LogP) is 0.0273. The molecule has 0 aromatic carbocycles. The Morgan fingerprint density at radius 3 is 2.22 bits per heavy atom. The van der Waals surface area contributed by atoms with E-state index in [-0.39, 0.29) is 24.1 Å². The van der Waals surface area contributed by atoms with E-state index in [0.29, 0.717) is 13.1 Å². The van der Waals surface area contributed by atoms with E-state index >= 15 is 0 Å². The molecule has 18 heavy (non-hydrogen) atoms.